The fraction of sp³-hybridized carbons (Fsp3) is 0.643. The predicted octanol–water partition coefficient (Wildman–Crippen LogP) is 3.34. The number of pyridine rings is 1. The quantitative estimate of drug-likeness (QED) is 0.641. The Labute approximate surface area is 109 Å². The van der Waals surface area contributed by atoms with Crippen molar-refractivity contribution in [3.8, 4) is 0 Å². The number of hydrogen-bond donors (Lipinski definition) is 1. The van der Waals surface area contributed by atoms with Crippen molar-refractivity contribution >= 4 is 11.8 Å². The van der Waals surface area contributed by atoms with Gasteiger partial charge in [-0.3, -0.25) is 0 Å². The summed E-state index contributed by atoms with van der Waals surface area (Å²) in [5.74, 6) is 2.05. The number of hydrogen-bond acceptors (Lipinski definition) is 3. The van der Waals surface area contributed by atoms with Gasteiger partial charge in [0.1, 0.15) is 0 Å². The van der Waals surface area contributed by atoms with Crippen LogP contribution in [0.25, 0.3) is 0 Å². The fourth-order valence-corrected chi connectivity index (χ4v) is 3.05. The Morgan fingerprint density at radius 1 is 1.29 bits per heavy atom. The van der Waals surface area contributed by atoms with Crippen molar-refractivity contribution in [3.05, 3.63) is 24.4 Å². The smallest absolute Gasteiger partial charge is 0.0960 e. The van der Waals surface area contributed by atoms with Crippen molar-refractivity contribution < 1.29 is 0 Å². The maximum absolute atomic E-state index is 4.31. The highest BCUT2D eigenvalue weighted by atomic mass is 32.2. The number of thioether (sulfide) groups is 1. The Morgan fingerprint density at radius 3 is 2.82 bits per heavy atom. The first-order chi connectivity index (χ1) is 8.34. The van der Waals surface area contributed by atoms with Crippen LogP contribution in [0.1, 0.15) is 32.6 Å². The fourth-order valence-electron chi connectivity index (χ4n) is 2.32. The normalized spacial score (nSPS) is 24.8. The number of aromatic nitrogens is 1. The molecule has 2 rings (SSSR count). The van der Waals surface area contributed by atoms with Crippen LogP contribution in [0.3, 0.4) is 0 Å². The van der Waals surface area contributed by atoms with E-state index in [-0.39, 0.29) is 0 Å². The zero-order valence-electron chi connectivity index (χ0n) is 10.6. The molecule has 0 spiro atoms. The zero-order valence-corrected chi connectivity index (χ0v) is 11.4. The van der Waals surface area contributed by atoms with Crippen LogP contribution >= 0.6 is 11.8 Å². The Hall–Kier alpha value is -0.540. The van der Waals surface area contributed by atoms with Gasteiger partial charge >= 0.3 is 0 Å². The summed E-state index contributed by atoms with van der Waals surface area (Å²) in [6.45, 7) is 3.47. The maximum atomic E-state index is 4.31. The van der Waals surface area contributed by atoms with Gasteiger partial charge < -0.3 is 5.32 Å². The Morgan fingerprint density at radius 2 is 2.12 bits per heavy atom. The second kappa shape index (κ2) is 7.02. The summed E-state index contributed by atoms with van der Waals surface area (Å²) >= 11 is 1.84. The highest BCUT2D eigenvalue weighted by Gasteiger charge is 2.16. The lowest BCUT2D eigenvalue weighted by molar-refractivity contribution is 0.312. The van der Waals surface area contributed by atoms with Crippen molar-refractivity contribution in [2.45, 2.75) is 43.7 Å². The van der Waals surface area contributed by atoms with Crippen LogP contribution in [0.15, 0.2) is 29.4 Å². The molecule has 0 aromatic carbocycles. The van der Waals surface area contributed by atoms with Gasteiger partial charge in [-0.15, -0.1) is 11.8 Å². The molecule has 3 heteroatoms. The van der Waals surface area contributed by atoms with E-state index in [1.807, 2.05) is 30.1 Å². The van der Waals surface area contributed by atoms with Crippen LogP contribution in [0.5, 0.6) is 0 Å². The molecule has 1 aliphatic carbocycles. The number of nitrogens with one attached hydrogen (secondary N) is 1. The molecule has 0 aliphatic heterocycles. The third-order valence-electron chi connectivity index (χ3n) is 3.44. The molecule has 94 valence electrons. The van der Waals surface area contributed by atoms with E-state index in [0.717, 1.165) is 29.3 Å². The molecule has 2 nitrogen and oxygen atoms in total. The maximum Gasteiger partial charge on any atom is 0.0960 e. The van der Waals surface area contributed by atoms with Gasteiger partial charge in [0, 0.05) is 24.5 Å². The average Bonchev–Trinajstić information content (AvgIpc) is 2.38. The van der Waals surface area contributed by atoms with Gasteiger partial charge in [-0.1, -0.05) is 13.0 Å². The van der Waals surface area contributed by atoms with Gasteiger partial charge in [0.25, 0.3) is 0 Å². The summed E-state index contributed by atoms with van der Waals surface area (Å²) in [4.78, 5) is 4.31. The van der Waals surface area contributed by atoms with E-state index in [1.54, 1.807) is 0 Å². The summed E-state index contributed by atoms with van der Waals surface area (Å²) in [5.41, 5.74) is 0. The van der Waals surface area contributed by atoms with Crippen molar-refractivity contribution in [1.82, 2.24) is 10.3 Å². The molecule has 1 aromatic rings. The largest absolute Gasteiger partial charge is 0.313 e. The van der Waals surface area contributed by atoms with Gasteiger partial charge in [0.15, 0.2) is 0 Å². The van der Waals surface area contributed by atoms with E-state index in [4.69, 9.17) is 0 Å². The van der Waals surface area contributed by atoms with Crippen LogP contribution in [-0.2, 0) is 0 Å². The van der Waals surface area contributed by atoms with Gasteiger partial charge in [0.2, 0.25) is 0 Å². The van der Waals surface area contributed by atoms with Crippen molar-refractivity contribution in [1.29, 1.82) is 0 Å². The molecule has 17 heavy (non-hydrogen) atoms. The standard InChI is InChI=1S/C14H22N2S/c1-12-5-7-13(8-6-12)15-10-11-17-14-4-2-3-9-16-14/h2-4,9,12-13,15H,5-8,10-11H2,1H3. The van der Waals surface area contributed by atoms with Gasteiger partial charge in [-0.25, -0.2) is 4.98 Å². The second-order valence-electron chi connectivity index (χ2n) is 4.93. The Kier molecular flexibility index (Phi) is 5.33. The molecule has 0 saturated heterocycles. The molecule has 1 fully saturated rings. The first kappa shape index (κ1) is 12.9. The lowest BCUT2D eigenvalue weighted by Gasteiger charge is -2.26. The van der Waals surface area contributed by atoms with Crippen LogP contribution in [0, 0.1) is 5.92 Å². The van der Waals surface area contributed by atoms with E-state index < -0.39 is 0 Å². The predicted molar refractivity (Wildman–Crippen MR) is 74.4 cm³/mol. The SMILES string of the molecule is CC1CCC(NCCSc2ccccn2)CC1. The van der Waals surface area contributed by atoms with E-state index >= 15 is 0 Å². The van der Waals surface area contributed by atoms with Gasteiger partial charge in [-0.2, -0.15) is 0 Å². The molecule has 0 amide bonds. The summed E-state index contributed by atoms with van der Waals surface area (Å²) in [6.07, 6.45) is 7.36. The molecular formula is C14H22N2S. The first-order valence-corrected chi connectivity index (χ1v) is 7.60. The highest BCUT2D eigenvalue weighted by Crippen LogP contribution is 2.23. The molecular weight excluding hydrogens is 228 g/mol. The van der Waals surface area contributed by atoms with Crippen molar-refractivity contribution in [3.63, 3.8) is 0 Å². The molecule has 0 radical (unpaired) electrons. The van der Waals surface area contributed by atoms with Crippen molar-refractivity contribution in [2.75, 3.05) is 12.3 Å². The minimum Gasteiger partial charge on any atom is -0.313 e. The number of nitrogens with zero attached hydrogens (tertiary/aromatic N) is 1. The lowest BCUT2D eigenvalue weighted by Crippen LogP contribution is -2.34. The molecule has 1 heterocycles. The topological polar surface area (TPSA) is 24.9 Å². The van der Waals surface area contributed by atoms with Crippen molar-refractivity contribution in [2.24, 2.45) is 5.92 Å². The minimum absolute atomic E-state index is 0.760. The molecule has 1 saturated carbocycles. The average molecular weight is 250 g/mol. The zero-order chi connectivity index (χ0) is 11.9. The third-order valence-corrected chi connectivity index (χ3v) is 4.38. The summed E-state index contributed by atoms with van der Waals surface area (Å²) < 4.78 is 0. The lowest BCUT2D eigenvalue weighted by atomic mass is 9.87. The van der Waals surface area contributed by atoms with Crippen LogP contribution in [0.4, 0.5) is 0 Å². The van der Waals surface area contributed by atoms with Crippen LogP contribution in [0.2, 0.25) is 0 Å². The van der Waals surface area contributed by atoms with E-state index in [1.165, 1.54) is 25.7 Å². The molecule has 1 N–H and O–H groups in total. The minimum atomic E-state index is 0.760. The van der Waals surface area contributed by atoms with Gasteiger partial charge in [0.05, 0.1) is 5.03 Å². The summed E-state index contributed by atoms with van der Waals surface area (Å²) in [6, 6.07) is 6.85. The molecule has 0 unspecified atom stereocenters. The number of rotatable bonds is 5. The van der Waals surface area contributed by atoms with E-state index in [0.29, 0.717) is 0 Å². The first-order valence-electron chi connectivity index (χ1n) is 6.62. The van der Waals surface area contributed by atoms with Crippen LogP contribution in [-0.4, -0.2) is 23.3 Å². The summed E-state index contributed by atoms with van der Waals surface area (Å²) in [7, 11) is 0. The molecule has 0 atom stereocenters. The van der Waals surface area contributed by atoms with E-state index in [2.05, 4.69) is 23.3 Å². The molecule has 1 aromatic heterocycles. The molecule has 0 bridgehead atoms. The van der Waals surface area contributed by atoms with Crippen LogP contribution < -0.4 is 5.32 Å². The van der Waals surface area contributed by atoms with Gasteiger partial charge in [-0.05, 0) is 43.7 Å². The van der Waals surface area contributed by atoms with E-state index in [9.17, 15) is 0 Å². The second-order valence-corrected chi connectivity index (χ2v) is 6.04. The Bertz CT molecular complexity index is 307. The molecule has 1 aliphatic rings. The Balaban J connectivity index is 1.57. The monoisotopic (exact) mass is 250 g/mol. The third kappa shape index (κ3) is 4.68. The summed E-state index contributed by atoms with van der Waals surface area (Å²) in [5, 5.41) is 4.79. The highest BCUT2D eigenvalue weighted by molar-refractivity contribution is 7.99.